The van der Waals surface area contributed by atoms with Crippen molar-refractivity contribution in [3.05, 3.63) is 35.9 Å². The van der Waals surface area contributed by atoms with Gasteiger partial charge in [-0.1, -0.05) is 46.3 Å². The number of carboxylic acids is 1. The number of aliphatic hydroxyl groups excluding tert-OH is 1. The Morgan fingerprint density at radius 3 is 2.62 bits per heavy atom. The van der Waals surface area contributed by atoms with Gasteiger partial charge in [-0.2, -0.15) is 0 Å². The highest BCUT2D eigenvalue weighted by atomic mass is 79.9. The maximum absolute atomic E-state index is 12.4. The predicted molar refractivity (Wildman–Crippen MR) is 90.2 cm³/mol. The minimum absolute atomic E-state index is 0.0732. The van der Waals surface area contributed by atoms with Crippen molar-refractivity contribution in [1.29, 1.82) is 0 Å². The fraction of sp³-hybridized carbons (Fsp3) is 0.500. The molecule has 1 aliphatic carbocycles. The highest BCUT2D eigenvalue weighted by Gasteiger charge is 2.63. The molecule has 1 amide bonds. The van der Waals surface area contributed by atoms with Crippen molar-refractivity contribution in [2.75, 3.05) is 6.54 Å². The summed E-state index contributed by atoms with van der Waals surface area (Å²) in [6, 6.07) is 8.12. The minimum Gasteiger partial charge on any atom is -0.480 e. The lowest BCUT2D eigenvalue weighted by atomic mass is 9.70. The van der Waals surface area contributed by atoms with E-state index in [0.717, 1.165) is 5.56 Å². The Balaban J connectivity index is 1.77. The lowest BCUT2D eigenvalue weighted by Gasteiger charge is -2.55. The summed E-state index contributed by atoms with van der Waals surface area (Å²) >= 11 is 9.68. The van der Waals surface area contributed by atoms with Crippen LogP contribution in [0.15, 0.2) is 30.3 Å². The van der Waals surface area contributed by atoms with Crippen LogP contribution in [0.3, 0.4) is 0 Å². The van der Waals surface area contributed by atoms with E-state index in [2.05, 4.69) is 15.9 Å². The van der Waals surface area contributed by atoms with E-state index in [4.69, 9.17) is 16.3 Å². The molecule has 3 fully saturated rings. The minimum atomic E-state index is -1.71. The van der Waals surface area contributed by atoms with E-state index in [0.29, 0.717) is 6.54 Å². The number of carbonyl (C=O) groups excluding carboxylic acids is 1. The second-order valence-corrected chi connectivity index (χ2v) is 7.94. The van der Waals surface area contributed by atoms with Crippen molar-refractivity contribution in [2.45, 2.75) is 34.9 Å². The molecule has 3 aliphatic rings. The normalized spacial score (nSPS) is 34.9. The van der Waals surface area contributed by atoms with Gasteiger partial charge >= 0.3 is 12.1 Å². The third kappa shape index (κ3) is 2.89. The van der Waals surface area contributed by atoms with E-state index in [-0.39, 0.29) is 23.8 Å². The number of alkyl halides is 2. The molecule has 6 nitrogen and oxygen atoms in total. The van der Waals surface area contributed by atoms with Crippen molar-refractivity contribution in [3.8, 4) is 0 Å². The number of aliphatic carboxylic acids is 1. The van der Waals surface area contributed by atoms with Crippen molar-refractivity contribution in [2.24, 2.45) is 5.92 Å². The van der Waals surface area contributed by atoms with Gasteiger partial charge in [0.2, 0.25) is 0 Å². The van der Waals surface area contributed by atoms with Gasteiger partial charge < -0.3 is 14.9 Å². The number of rotatable bonds is 3. The number of carboxylic acid groups (broad SMARTS) is 1. The van der Waals surface area contributed by atoms with Crippen LogP contribution < -0.4 is 0 Å². The van der Waals surface area contributed by atoms with Crippen LogP contribution in [0.4, 0.5) is 4.79 Å². The summed E-state index contributed by atoms with van der Waals surface area (Å²) in [5.74, 6) is -1.50. The predicted octanol–water partition coefficient (Wildman–Crippen LogP) is 2.21. The van der Waals surface area contributed by atoms with Gasteiger partial charge in [0.25, 0.3) is 0 Å². The van der Waals surface area contributed by atoms with Crippen molar-refractivity contribution < 1.29 is 24.5 Å². The lowest BCUT2D eigenvalue weighted by Crippen LogP contribution is -2.73. The number of fused-ring (bicyclic) bond motifs is 3. The Morgan fingerprint density at radius 1 is 1.38 bits per heavy atom. The van der Waals surface area contributed by atoms with Gasteiger partial charge in [0.15, 0.2) is 4.87 Å². The largest absolute Gasteiger partial charge is 0.480 e. The number of carbonyl (C=O) groups is 2. The molecule has 2 heterocycles. The summed E-state index contributed by atoms with van der Waals surface area (Å²) in [5.41, 5.74) is 0.822. The van der Waals surface area contributed by atoms with Gasteiger partial charge in [-0.25, -0.2) is 4.79 Å². The molecule has 2 saturated heterocycles. The van der Waals surface area contributed by atoms with Gasteiger partial charge in [-0.3, -0.25) is 9.69 Å². The first-order chi connectivity index (χ1) is 11.3. The van der Waals surface area contributed by atoms with Crippen LogP contribution in [0.5, 0.6) is 0 Å². The van der Waals surface area contributed by atoms with E-state index in [9.17, 15) is 19.8 Å². The van der Waals surface area contributed by atoms with Crippen LogP contribution in [-0.4, -0.2) is 55.6 Å². The van der Waals surface area contributed by atoms with E-state index < -0.39 is 29.1 Å². The number of benzene rings is 1. The number of ether oxygens (including phenoxy) is 1. The number of hydrogen-bond acceptors (Lipinski definition) is 4. The smallest absolute Gasteiger partial charge is 0.410 e. The molecule has 0 aromatic heterocycles. The number of aliphatic hydroxyl groups is 1. The van der Waals surface area contributed by atoms with Crippen LogP contribution in [0.25, 0.3) is 0 Å². The average molecular weight is 419 g/mol. The average Bonchev–Trinajstić information content (AvgIpc) is 2.57. The first-order valence-electron chi connectivity index (χ1n) is 7.56. The maximum Gasteiger partial charge on any atom is 0.410 e. The highest BCUT2D eigenvalue weighted by Crippen LogP contribution is 2.48. The van der Waals surface area contributed by atoms with Gasteiger partial charge in [0, 0.05) is 11.4 Å². The first kappa shape index (κ1) is 17.5. The maximum atomic E-state index is 12.4. The molecule has 5 atom stereocenters. The van der Waals surface area contributed by atoms with E-state index in [1.807, 2.05) is 30.3 Å². The lowest BCUT2D eigenvalue weighted by molar-refractivity contribution is -0.151. The van der Waals surface area contributed by atoms with E-state index in [1.54, 1.807) is 0 Å². The summed E-state index contributed by atoms with van der Waals surface area (Å²) < 4.78 is 5.29. The molecule has 8 heteroatoms. The fourth-order valence-electron chi connectivity index (χ4n) is 3.51. The van der Waals surface area contributed by atoms with Gasteiger partial charge in [0.1, 0.15) is 6.61 Å². The third-order valence-electron chi connectivity index (χ3n) is 4.69. The summed E-state index contributed by atoms with van der Waals surface area (Å²) in [6.45, 7) is 0.372. The Labute approximate surface area is 152 Å². The van der Waals surface area contributed by atoms with Crippen LogP contribution in [0.1, 0.15) is 12.0 Å². The van der Waals surface area contributed by atoms with Gasteiger partial charge in [0.05, 0.1) is 12.1 Å². The molecule has 0 radical (unpaired) electrons. The van der Waals surface area contributed by atoms with Crippen LogP contribution in [-0.2, 0) is 16.1 Å². The SMILES string of the molecule is O=C(OCc1ccccc1)N1CC2CC(Cl)(C(=O)O)C1C(O)C2Br. The molecule has 2 aliphatic heterocycles. The molecular weight excluding hydrogens is 402 g/mol. The van der Waals surface area contributed by atoms with Crippen LogP contribution >= 0.6 is 27.5 Å². The highest BCUT2D eigenvalue weighted by molar-refractivity contribution is 9.09. The van der Waals surface area contributed by atoms with Crippen molar-refractivity contribution >= 4 is 39.6 Å². The Hall–Kier alpha value is -1.31. The second kappa shape index (κ2) is 6.54. The molecule has 4 rings (SSSR count). The number of amides is 1. The van der Waals surface area contributed by atoms with Crippen molar-refractivity contribution in [1.82, 2.24) is 4.90 Å². The van der Waals surface area contributed by atoms with E-state index in [1.165, 1.54) is 4.90 Å². The van der Waals surface area contributed by atoms with Crippen LogP contribution in [0.2, 0.25) is 0 Å². The molecule has 1 aromatic rings. The zero-order valence-electron chi connectivity index (χ0n) is 12.6. The van der Waals surface area contributed by atoms with Crippen molar-refractivity contribution in [3.63, 3.8) is 0 Å². The standard InChI is InChI=1S/C16H17BrClNO5/c17-11-10-6-16(18,14(21)22)13(12(11)20)19(7-10)15(23)24-8-9-4-2-1-3-5-9/h1-5,10-13,20H,6-8H2,(H,21,22). The van der Waals surface area contributed by atoms with E-state index >= 15 is 0 Å². The molecule has 2 N–H and O–H groups in total. The number of hydrogen-bond donors (Lipinski definition) is 2. The quantitative estimate of drug-likeness (QED) is 0.735. The molecule has 1 saturated carbocycles. The van der Waals surface area contributed by atoms with Gasteiger partial charge in [-0.15, -0.1) is 11.6 Å². The summed E-state index contributed by atoms with van der Waals surface area (Å²) in [6.07, 6.45) is -1.56. The summed E-state index contributed by atoms with van der Waals surface area (Å²) in [4.78, 5) is 23.3. The molecule has 130 valence electrons. The molecular formula is C16H17BrClNO5. The van der Waals surface area contributed by atoms with Crippen LogP contribution in [0, 0.1) is 5.92 Å². The second-order valence-electron chi connectivity index (χ2n) is 6.20. The zero-order chi connectivity index (χ0) is 17.5. The molecule has 5 unspecified atom stereocenters. The summed E-state index contributed by atoms with van der Waals surface area (Å²) in [7, 11) is 0. The fourth-order valence-corrected chi connectivity index (χ4v) is 4.59. The monoisotopic (exact) mass is 417 g/mol. The Morgan fingerprint density at radius 2 is 2.04 bits per heavy atom. The zero-order valence-corrected chi connectivity index (χ0v) is 15.0. The molecule has 24 heavy (non-hydrogen) atoms. The Kier molecular flexibility index (Phi) is 4.77. The molecule has 1 aromatic carbocycles. The topological polar surface area (TPSA) is 87.1 Å². The molecule has 2 bridgehead atoms. The third-order valence-corrected chi connectivity index (χ3v) is 6.52. The Bertz CT molecular complexity index is 643. The molecule has 0 spiro atoms. The van der Waals surface area contributed by atoms with Gasteiger partial charge in [-0.05, 0) is 17.9 Å². The first-order valence-corrected chi connectivity index (χ1v) is 8.85. The number of halogens is 2. The summed E-state index contributed by atoms with van der Waals surface area (Å²) in [5, 5.41) is 19.9. The number of nitrogens with zero attached hydrogens (tertiary/aromatic N) is 1. The number of piperidine rings is 2.